The van der Waals surface area contributed by atoms with Crippen LogP contribution in [0.15, 0.2) is 42.5 Å². The molecule has 0 aromatic heterocycles. The smallest absolute Gasteiger partial charge is 0.239 e. The Kier molecular flexibility index (Phi) is 5.66. The lowest BCUT2D eigenvalue weighted by Crippen LogP contribution is -2.39. The van der Waals surface area contributed by atoms with E-state index >= 15 is 0 Å². The number of hydrogen-bond acceptors (Lipinski definition) is 4. The molecule has 0 saturated carbocycles. The lowest BCUT2D eigenvalue weighted by atomic mass is 10.00. The van der Waals surface area contributed by atoms with Crippen molar-refractivity contribution in [2.24, 2.45) is 0 Å². The highest BCUT2D eigenvalue weighted by atomic mass is 16.5. The van der Waals surface area contributed by atoms with Crippen molar-refractivity contribution in [3.8, 4) is 5.75 Å². The number of nitrogen functional groups attached to an aromatic ring is 1. The SMILES string of the molecule is CC(C)Oc1cccc(CNC(=O)CN2CCCc3c(N)cccc32)c1. The summed E-state index contributed by atoms with van der Waals surface area (Å²) in [4.78, 5) is 14.5. The molecule has 3 N–H and O–H groups in total. The molecule has 0 radical (unpaired) electrons. The van der Waals surface area contributed by atoms with E-state index in [1.165, 1.54) is 0 Å². The zero-order valence-electron chi connectivity index (χ0n) is 15.5. The fourth-order valence-corrected chi connectivity index (χ4v) is 3.32. The number of nitrogens with two attached hydrogens (primary N) is 1. The van der Waals surface area contributed by atoms with Gasteiger partial charge < -0.3 is 20.7 Å². The number of ether oxygens (including phenoxy) is 1. The molecule has 1 aliphatic heterocycles. The molecule has 5 nitrogen and oxygen atoms in total. The number of nitrogens with zero attached hydrogens (tertiary/aromatic N) is 1. The van der Waals surface area contributed by atoms with Gasteiger partial charge in [-0.3, -0.25) is 4.79 Å². The van der Waals surface area contributed by atoms with Crippen LogP contribution < -0.4 is 20.7 Å². The fraction of sp³-hybridized carbons (Fsp3) is 0.381. The highest BCUT2D eigenvalue weighted by Gasteiger charge is 2.20. The number of anilines is 2. The molecule has 0 unspecified atom stereocenters. The first-order chi connectivity index (χ1) is 12.5. The minimum atomic E-state index is 0.00968. The van der Waals surface area contributed by atoms with Crippen LogP contribution in [-0.2, 0) is 17.8 Å². The van der Waals surface area contributed by atoms with Crippen LogP contribution in [0, 0.1) is 0 Å². The van der Waals surface area contributed by atoms with Crippen LogP contribution in [0.25, 0.3) is 0 Å². The summed E-state index contributed by atoms with van der Waals surface area (Å²) in [5.41, 5.74) is 10.2. The van der Waals surface area contributed by atoms with Gasteiger partial charge in [0.1, 0.15) is 5.75 Å². The van der Waals surface area contributed by atoms with E-state index in [4.69, 9.17) is 10.5 Å². The van der Waals surface area contributed by atoms with Crippen LogP contribution in [0.5, 0.6) is 5.75 Å². The van der Waals surface area contributed by atoms with Crippen molar-refractivity contribution < 1.29 is 9.53 Å². The van der Waals surface area contributed by atoms with Crippen molar-refractivity contribution in [1.82, 2.24) is 5.32 Å². The second-order valence-corrected chi connectivity index (χ2v) is 6.96. The topological polar surface area (TPSA) is 67.6 Å². The van der Waals surface area contributed by atoms with E-state index in [0.29, 0.717) is 13.1 Å². The Labute approximate surface area is 155 Å². The third-order valence-electron chi connectivity index (χ3n) is 4.48. The summed E-state index contributed by atoms with van der Waals surface area (Å²) in [5, 5.41) is 3.00. The van der Waals surface area contributed by atoms with Gasteiger partial charge in [0.15, 0.2) is 0 Å². The molecule has 0 saturated heterocycles. The van der Waals surface area contributed by atoms with Crippen molar-refractivity contribution in [3.63, 3.8) is 0 Å². The van der Waals surface area contributed by atoms with Gasteiger partial charge >= 0.3 is 0 Å². The average molecular weight is 353 g/mol. The minimum absolute atomic E-state index is 0.00968. The standard InChI is InChI=1S/C21H27N3O2/c1-15(2)26-17-7-3-6-16(12-17)13-23-21(25)14-24-11-5-8-18-19(22)9-4-10-20(18)24/h3-4,6-7,9-10,12,15H,5,8,11,13-14,22H2,1-2H3,(H,23,25). The third-order valence-corrected chi connectivity index (χ3v) is 4.48. The number of carbonyl (C=O) groups excluding carboxylic acids is 1. The predicted molar refractivity (Wildman–Crippen MR) is 105 cm³/mol. The van der Waals surface area contributed by atoms with Crippen molar-refractivity contribution in [1.29, 1.82) is 0 Å². The molecule has 2 aromatic carbocycles. The lowest BCUT2D eigenvalue weighted by Gasteiger charge is -2.31. The van der Waals surface area contributed by atoms with Gasteiger partial charge in [0.2, 0.25) is 5.91 Å². The van der Waals surface area contributed by atoms with Gasteiger partial charge in [-0.1, -0.05) is 18.2 Å². The van der Waals surface area contributed by atoms with Crippen molar-refractivity contribution in [3.05, 3.63) is 53.6 Å². The maximum Gasteiger partial charge on any atom is 0.239 e. The molecule has 0 spiro atoms. The number of hydrogen-bond donors (Lipinski definition) is 2. The molecule has 138 valence electrons. The van der Waals surface area contributed by atoms with Crippen LogP contribution in [0.4, 0.5) is 11.4 Å². The lowest BCUT2D eigenvalue weighted by molar-refractivity contribution is -0.119. The first-order valence-electron chi connectivity index (χ1n) is 9.17. The van der Waals surface area contributed by atoms with Crippen LogP contribution >= 0.6 is 0 Å². The third kappa shape index (κ3) is 4.48. The summed E-state index contributed by atoms with van der Waals surface area (Å²) in [6, 6.07) is 13.8. The fourth-order valence-electron chi connectivity index (χ4n) is 3.32. The summed E-state index contributed by atoms with van der Waals surface area (Å²) in [7, 11) is 0. The molecule has 1 amide bonds. The Morgan fingerprint density at radius 1 is 1.27 bits per heavy atom. The Balaban J connectivity index is 1.58. The molecule has 0 atom stereocenters. The largest absolute Gasteiger partial charge is 0.491 e. The van der Waals surface area contributed by atoms with Gasteiger partial charge in [-0.05, 0) is 62.1 Å². The second kappa shape index (κ2) is 8.13. The molecular formula is C21H27N3O2. The Morgan fingerprint density at radius 2 is 2.08 bits per heavy atom. The van der Waals surface area contributed by atoms with Gasteiger partial charge in [-0.25, -0.2) is 0 Å². The quantitative estimate of drug-likeness (QED) is 0.783. The molecule has 0 bridgehead atoms. The second-order valence-electron chi connectivity index (χ2n) is 6.96. The summed E-state index contributed by atoms with van der Waals surface area (Å²) >= 11 is 0. The number of benzene rings is 2. The van der Waals surface area contributed by atoms with Crippen molar-refractivity contribution in [2.45, 2.75) is 39.3 Å². The minimum Gasteiger partial charge on any atom is -0.491 e. The van der Waals surface area contributed by atoms with E-state index in [1.54, 1.807) is 0 Å². The van der Waals surface area contributed by atoms with Gasteiger partial charge in [-0.2, -0.15) is 0 Å². The predicted octanol–water partition coefficient (Wildman–Crippen LogP) is 3.12. The number of rotatable bonds is 6. The zero-order chi connectivity index (χ0) is 18.5. The molecule has 3 rings (SSSR count). The molecule has 1 aliphatic rings. The summed E-state index contributed by atoms with van der Waals surface area (Å²) < 4.78 is 5.70. The molecule has 26 heavy (non-hydrogen) atoms. The van der Waals surface area contributed by atoms with Crippen LogP contribution in [-0.4, -0.2) is 25.1 Å². The molecule has 0 aliphatic carbocycles. The molecular weight excluding hydrogens is 326 g/mol. The number of fused-ring (bicyclic) bond motifs is 1. The van der Waals surface area contributed by atoms with E-state index in [-0.39, 0.29) is 12.0 Å². The highest BCUT2D eigenvalue weighted by Crippen LogP contribution is 2.30. The van der Waals surface area contributed by atoms with Gasteiger partial charge in [0.05, 0.1) is 12.6 Å². The first-order valence-corrected chi connectivity index (χ1v) is 9.17. The Morgan fingerprint density at radius 3 is 2.88 bits per heavy atom. The van der Waals surface area contributed by atoms with E-state index in [9.17, 15) is 4.79 Å². The summed E-state index contributed by atoms with van der Waals surface area (Å²) in [5.74, 6) is 0.836. The van der Waals surface area contributed by atoms with Gasteiger partial charge in [0, 0.05) is 24.5 Å². The molecule has 1 heterocycles. The van der Waals surface area contributed by atoms with Crippen molar-refractivity contribution >= 4 is 17.3 Å². The van der Waals surface area contributed by atoms with Crippen molar-refractivity contribution in [2.75, 3.05) is 23.7 Å². The van der Waals surface area contributed by atoms with E-state index in [2.05, 4.69) is 10.2 Å². The number of amides is 1. The maximum absolute atomic E-state index is 12.4. The monoisotopic (exact) mass is 353 g/mol. The Bertz CT molecular complexity index is 774. The highest BCUT2D eigenvalue weighted by molar-refractivity contribution is 5.82. The van der Waals surface area contributed by atoms with Gasteiger partial charge in [0.25, 0.3) is 0 Å². The van der Waals surface area contributed by atoms with Gasteiger partial charge in [-0.15, -0.1) is 0 Å². The van der Waals surface area contributed by atoms with Crippen LogP contribution in [0.3, 0.4) is 0 Å². The zero-order valence-corrected chi connectivity index (χ0v) is 15.5. The summed E-state index contributed by atoms with van der Waals surface area (Å²) in [6.07, 6.45) is 2.12. The van der Waals surface area contributed by atoms with Crippen LogP contribution in [0.2, 0.25) is 0 Å². The molecule has 2 aromatic rings. The molecule has 0 fully saturated rings. The van der Waals surface area contributed by atoms with E-state index < -0.39 is 0 Å². The maximum atomic E-state index is 12.4. The van der Waals surface area contributed by atoms with E-state index in [0.717, 1.165) is 47.6 Å². The molecule has 5 heteroatoms. The number of carbonyl (C=O) groups is 1. The number of nitrogens with one attached hydrogen (secondary N) is 1. The Hall–Kier alpha value is -2.69. The normalized spacial score (nSPS) is 13.4. The van der Waals surface area contributed by atoms with Crippen LogP contribution in [0.1, 0.15) is 31.4 Å². The summed E-state index contributed by atoms with van der Waals surface area (Å²) in [6.45, 7) is 5.71. The average Bonchev–Trinajstić information content (AvgIpc) is 2.61. The van der Waals surface area contributed by atoms with E-state index in [1.807, 2.05) is 56.3 Å². The first kappa shape index (κ1) is 18.1.